The number of rotatable bonds is 9. The number of esters is 1. The first-order valence-corrected chi connectivity index (χ1v) is 12.2. The number of aliphatic imine (C=N–C) groups is 1. The number of nitrogens with zero attached hydrogens (tertiary/aromatic N) is 1. The monoisotopic (exact) mass is 507 g/mol. The van der Waals surface area contributed by atoms with Crippen molar-refractivity contribution >= 4 is 17.5 Å². The Morgan fingerprint density at radius 2 is 1.65 bits per heavy atom. The van der Waals surface area contributed by atoms with Crippen molar-refractivity contribution in [1.29, 1.82) is 0 Å². The van der Waals surface area contributed by atoms with Gasteiger partial charge in [0.05, 0.1) is 27.9 Å². The Kier molecular flexibility index (Phi) is 8.28. The van der Waals surface area contributed by atoms with Crippen LogP contribution in [0.4, 0.5) is 0 Å². The molecule has 0 saturated heterocycles. The predicted molar refractivity (Wildman–Crippen MR) is 139 cm³/mol. The number of ketones is 1. The first-order valence-electron chi connectivity index (χ1n) is 12.2. The van der Waals surface area contributed by atoms with Crippen molar-refractivity contribution in [3.63, 3.8) is 0 Å². The zero-order valence-electron chi connectivity index (χ0n) is 21.9. The van der Waals surface area contributed by atoms with Crippen molar-refractivity contribution in [2.75, 3.05) is 41.7 Å². The molecule has 37 heavy (non-hydrogen) atoms. The van der Waals surface area contributed by atoms with Crippen LogP contribution in [0.2, 0.25) is 0 Å². The summed E-state index contributed by atoms with van der Waals surface area (Å²) >= 11 is 0. The minimum absolute atomic E-state index is 0.0390. The molecule has 0 bridgehead atoms. The van der Waals surface area contributed by atoms with Crippen LogP contribution in [0.1, 0.15) is 42.7 Å². The number of ether oxygens (including phenoxy) is 5. The molecule has 2 aliphatic rings. The minimum atomic E-state index is -0.750. The number of para-hydroxylation sites is 1. The number of hydrogen-bond donors (Lipinski definition) is 0. The van der Waals surface area contributed by atoms with Crippen LogP contribution in [0.15, 0.2) is 58.7 Å². The highest BCUT2D eigenvalue weighted by molar-refractivity contribution is 6.09. The number of methoxy groups -OCH3 is 4. The highest BCUT2D eigenvalue weighted by Crippen LogP contribution is 2.48. The van der Waals surface area contributed by atoms with Gasteiger partial charge < -0.3 is 23.7 Å². The lowest BCUT2D eigenvalue weighted by Crippen LogP contribution is -2.38. The Hall–Kier alpha value is -3.65. The fourth-order valence-electron chi connectivity index (χ4n) is 5.31. The van der Waals surface area contributed by atoms with Crippen molar-refractivity contribution < 1.29 is 33.3 Å². The molecule has 196 valence electrons. The molecule has 8 nitrogen and oxygen atoms in total. The first kappa shape index (κ1) is 26.4. The number of Topliss-reactive ketones (excluding diaryl/α,β-unsaturated/α-hetero) is 1. The molecule has 2 aromatic carbocycles. The number of allylic oxidation sites excluding steroid dienone is 2. The van der Waals surface area contributed by atoms with Crippen LogP contribution in [0.25, 0.3) is 0 Å². The topological polar surface area (TPSA) is 92.7 Å². The quantitative estimate of drug-likeness (QED) is 0.365. The Balaban J connectivity index is 1.80. The zero-order valence-corrected chi connectivity index (χ0v) is 21.9. The standard InChI is InChI=1S/C29H33NO7/c1-17-26(29(32)37-13-12-33-2)27(18-10-11-24(35-4)25(16-18)36-5)28-21(30-17)14-19(15-22(28)31)20-8-6-7-9-23(20)34-3/h6-11,16,19,26-27H,12-15H2,1-5H3/t19-,26?,27-/m0/s1. The van der Waals surface area contributed by atoms with E-state index in [0.29, 0.717) is 41.3 Å². The summed E-state index contributed by atoms with van der Waals surface area (Å²) in [7, 11) is 6.29. The summed E-state index contributed by atoms with van der Waals surface area (Å²) in [5, 5.41) is 0. The molecular weight excluding hydrogens is 474 g/mol. The number of carbonyl (C=O) groups is 2. The molecule has 0 fully saturated rings. The second-order valence-electron chi connectivity index (χ2n) is 9.11. The van der Waals surface area contributed by atoms with Gasteiger partial charge in [0.15, 0.2) is 17.3 Å². The summed E-state index contributed by atoms with van der Waals surface area (Å²) in [6.45, 7) is 2.22. The highest BCUT2D eigenvalue weighted by atomic mass is 16.6. The third-order valence-electron chi connectivity index (χ3n) is 7.02. The molecular formula is C29H33NO7. The van der Waals surface area contributed by atoms with E-state index in [1.54, 1.807) is 34.5 Å². The van der Waals surface area contributed by atoms with Crippen LogP contribution in [0, 0.1) is 5.92 Å². The van der Waals surface area contributed by atoms with Crippen LogP contribution in [0.5, 0.6) is 17.2 Å². The summed E-state index contributed by atoms with van der Waals surface area (Å²) in [4.78, 5) is 32.0. The molecule has 1 heterocycles. The average Bonchev–Trinajstić information content (AvgIpc) is 2.91. The first-order chi connectivity index (χ1) is 17.9. The normalized spacial score (nSPS) is 21.2. The predicted octanol–water partition coefficient (Wildman–Crippen LogP) is 4.48. The van der Waals surface area contributed by atoms with E-state index in [1.807, 2.05) is 43.3 Å². The third-order valence-corrected chi connectivity index (χ3v) is 7.02. The van der Waals surface area contributed by atoms with Gasteiger partial charge in [0.25, 0.3) is 0 Å². The molecule has 0 saturated carbocycles. The maximum Gasteiger partial charge on any atom is 0.315 e. The zero-order chi connectivity index (χ0) is 26.5. The summed E-state index contributed by atoms with van der Waals surface area (Å²) in [6, 6.07) is 13.2. The second-order valence-corrected chi connectivity index (χ2v) is 9.11. The van der Waals surface area contributed by atoms with E-state index in [4.69, 9.17) is 28.7 Å². The maximum absolute atomic E-state index is 13.8. The number of benzene rings is 2. The molecule has 3 atom stereocenters. The van der Waals surface area contributed by atoms with E-state index in [2.05, 4.69) is 0 Å². The second kappa shape index (κ2) is 11.6. The Morgan fingerprint density at radius 3 is 2.35 bits per heavy atom. The largest absolute Gasteiger partial charge is 0.496 e. The van der Waals surface area contributed by atoms with Crippen molar-refractivity contribution in [2.24, 2.45) is 10.9 Å². The smallest absolute Gasteiger partial charge is 0.315 e. The average molecular weight is 508 g/mol. The van der Waals surface area contributed by atoms with Crippen molar-refractivity contribution in [3.8, 4) is 17.2 Å². The molecule has 4 rings (SSSR count). The molecule has 2 aromatic rings. The number of carbonyl (C=O) groups excluding carboxylic acids is 2. The van der Waals surface area contributed by atoms with Gasteiger partial charge in [0, 0.05) is 42.3 Å². The fourth-order valence-corrected chi connectivity index (χ4v) is 5.31. The molecule has 1 aliphatic heterocycles. The van der Waals surface area contributed by atoms with Gasteiger partial charge in [-0.1, -0.05) is 24.3 Å². The lowest BCUT2D eigenvalue weighted by molar-refractivity contribution is -0.147. The Bertz CT molecular complexity index is 1230. The molecule has 0 spiro atoms. The van der Waals surface area contributed by atoms with Crippen LogP contribution < -0.4 is 14.2 Å². The van der Waals surface area contributed by atoms with Crippen molar-refractivity contribution in [2.45, 2.75) is 31.6 Å². The van der Waals surface area contributed by atoms with Gasteiger partial charge in [-0.3, -0.25) is 14.6 Å². The fraction of sp³-hybridized carbons (Fsp3) is 0.414. The van der Waals surface area contributed by atoms with E-state index in [-0.39, 0.29) is 24.9 Å². The van der Waals surface area contributed by atoms with Gasteiger partial charge in [-0.2, -0.15) is 0 Å². The van der Waals surface area contributed by atoms with Gasteiger partial charge in [0.2, 0.25) is 0 Å². The molecule has 0 aromatic heterocycles. The summed E-state index contributed by atoms with van der Waals surface area (Å²) in [5.41, 5.74) is 3.59. The summed E-state index contributed by atoms with van der Waals surface area (Å²) in [6.07, 6.45) is 0.858. The van der Waals surface area contributed by atoms with E-state index in [0.717, 1.165) is 16.9 Å². The van der Waals surface area contributed by atoms with Crippen molar-refractivity contribution in [3.05, 3.63) is 64.9 Å². The van der Waals surface area contributed by atoms with Gasteiger partial charge in [0.1, 0.15) is 18.3 Å². The third kappa shape index (κ3) is 5.25. The van der Waals surface area contributed by atoms with Crippen LogP contribution >= 0.6 is 0 Å². The highest BCUT2D eigenvalue weighted by Gasteiger charge is 2.45. The SMILES string of the molecule is COCCOC(=O)C1C(C)=NC2=C(C(=O)C[C@@H](c3ccccc3OC)C2)[C@H]1c1ccc(OC)c(OC)c1. The Morgan fingerprint density at radius 1 is 0.919 bits per heavy atom. The van der Waals surface area contributed by atoms with Gasteiger partial charge >= 0.3 is 5.97 Å². The summed E-state index contributed by atoms with van der Waals surface area (Å²) < 4.78 is 27.1. The van der Waals surface area contributed by atoms with E-state index in [1.165, 1.54) is 0 Å². The number of hydrogen-bond acceptors (Lipinski definition) is 8. The van der Waals surface area contributed by atoms with E-state index in [9.17, 15) is 9.59 Å². The molecule has 0 N–H and O–H groups in total. The van der Waals surface area contributed by atoms with E-state index < -0.39 is 17.8 Å². The minimum Gasteiger partial charge on any atom is -0.496 e. The van der Waals surface area contributed by atoms with E-state index >= 15 is 0 Å². The van der Waals surface area contributed by atoms with Gasteiger partial charge in [-0.05, 0) is 42.7 Å². The molecule has 0 amide bonds. The summed E-state index contributed by atoms with van der Waals surface area (Å²) in [5.74, 6) is -0.0377. The van der Waals surface area contributed by atoms with Gasteiger partial charge in [-0.15, -0.1) is 0 Å². The molecule has 1 aliphatic carbocycles. The lowest BCUT2D eigenvalue weighted by atomic mass is 9.69. The lowest BCUT2D eigenvalue weighted by Gasteiger charge is -2.36. The molecule has 8 heteroatoms. The maximum atomic E-state index is 13.8. The van der Waals surface area contributed by atoms with Gasteiger partial charge in [-0.25, -0.2) is 0 Å². The molecule has 0 radical (unpaired) electrons. The van der Waals surface area contributed by atoms with Crippen LogP contribution in [-0.2, 0) is 19.1 Å². The van der Waals surface area contributed by atoms with Crippen LogP contribution in [0.3, 0.4) is 0 Å². The van der Waals surface area contributed by atoms with Crippen LogP contribution in [-0.4, -0.2) is 59.1 Å². The Labute approximate surface area is 217 Å². The van der Waals surface area contributed by atoms with Crippen molar-refractivity contribution in [1.82, 2.24) is 0 Å². The molecule has 1 unspecified atom stereocenters.